The van der Waals surface area contributed by atoms with Crippen molar-refractivity contribution in [2.75, 3.05) is 38.6 Å². The lowest BCUT2D eigenvalue weighted by Gasteiger charge is -2.26. The normalized spacial score (nSPS) is 14.8. The van der Waals surface area contributed by atoms with Crippen molar-refractivity contribution in [1.82, 2.24) is 14.5 Å². The number of morpholine rings is 1. The molecule has 0 saturated carbocycles. The fraction of sp³-hybridized carbons (Fsp3) is 0.286. The molecule has 0 spiro atoms. The molecule has 1 aliphatic heterocycles. The molecular weight excluding hydrogens is 372 g/mol. The van der Waals surface area contributed by atoms with Crippen molar-refractivity contribution >= 4 is 22.7 Å². The van der Waals surface area contributed by atoms with Gasteiger partial charge in [0.05, 0.1) is 41.4 Å². The van der Waals surface area contributed by atoms with E-state index in [2.05, 4.69) is 11.0 Å². The van der Waals surface area contributed by atoms with Gasteiger partial charge in [-0.25, -0.2) is 4.98 Å². The van der Waals surface area contributed by atoms with Crippen LogP contribution in [0, 0.1) is 11.3 Å². The molecule has 0 aliphatic carbocycles. The first-order valence-electron chi connectivity index (χ1n) is 9.21. The van der Waals surface area contributed by atoms with Crippen LogP contribution in [0.2, 0.25) is 0 Å². The van der Waals surface area contributed by atoms with Gasteiger partial charge in [-0.1, -0.05) is 23.9 Å². The van der Waals surface area contributed by atoms with Crippen molar-refractivity contribution in [2.24, 2.45) is 0 Å². The molecule has 28 heavy (non-hydrogen) atoms. The maximum atomic E-state index is 13.2. The van der Waals surface area contributed by atoms with E-state index in [1.54, 1.807) is 46.7 Å². The van der Waals surface area contributed by atoms with Gasteiger partial charge in [-0.2, -0.15) is 5.26 Å². The van der Waals surface area contributed by atoms with Crippen LogP contribution in [0.1, 0.15) is 5.56 Å². The molecule has 2 aromatic carbocycles. The number of thioether (sulfide) groups is 1. The van der Waals surface area contributed by atoms with Gasteiger partial charge in [-0.05, 0) is 36.4 Å². The van der Waals surface area contributed by atoms with E-state index in [0.29, 0.717) is 21.6 Å². The van der Waals surface area contributed by atoms with Gasteiger partial charge in [0.25, 0.3) is 5.56 Å². The third kappa shape index (κ3) is 3.94. The molecular formula is C21H20N4O2S. The van der Waals surface area contributed by atoms with E-state index in [-0.39, 0.29) is 5.56 Å². The number of ether oxygens (including phenoxy) is 1. The highest BCUT2D eigenvalue weighted by molar-refractivity contribution is 7.99. The fourth-order valence-corrected chi connectivity index (χ4v) is 4.23. The molecule has 1 fully saturated rings. The number of nitriles is 1. The molecule has 0 unspecified atom stereocenters. The number of hydrogen-bond acceptors (Lipinski definition) is 6. The van der Waals surface area contributed by atoms with E-state index in [1.165, 1.54) is 0 Å². The van der Waals surface area contributed by atoms with Gasteiger partial charge in [-0.15, -0.1) is 0 Å². The summed E-state index contributed by atoms with van der Waals surface area (Å²) in [6.45, 7) is 4.34. The second kappa shape index (κ2) is 8.57. The Morgan fingerprint density at radius 2 is 1.86 bits per heavy atom. The average Bonchev–Trinajstić information content (AvgIpc) is 2.75. The zero-order valence-electron chi connectivity index (χ0n) is 15.4. The number of benzene rings is 2. The van der Waals surface area contributed by atoms with Gasteiger partial charge in [0.2, 0.25) is 0 Å². The summed E-state index contributed by atoms with van der Waals surface area (Å²) in [5.74, 6) is 0.834. The van der Waals surface area contributed by atoms with Crippen LogP contribution in [0.3, 0.4) is 0 Å². The topological polar surface area (TPSA) is 71.2 Å². The van der Waals surface area contributed by atoms with Gasteiger partial charge in [-0.3, -0.25) is 14.3 Å². The molecule has 1 saturated heterocycles. The molecule has 4 rings (SSSR count). The number of aromatic nitrogens is 2. The van der Waals surface area contributed by atoms with E-state index < -0.39 is 0 Å². The Morgan fingerprint density at radius 1 is 1.11 bits per heavy atom. The van der Waals surface area contributed by atoms with Gasteiger partial charge in [0.1, 0.15) is 0 Å². The van der Waals surface area contributed by atoms with Gasteiger partial charge >= 0.3 is 0 Å². The lowest BCUT2D eigenvalue weighted by atomic mass is 10.2. The highest BCUT2D eigenvalue weighted by Crippen LogP contribution is 2.22. The smallest absolute Gasteiger partial charge is 0.266 e. The van der Waals surface area contributed by atoms with Crippen LogP contribution in [0.5, 0.6) is 0 Å². The van der Waals surface area contributed by atoms with Crippen LogP contribution in [-0.4, -0.2) is 53.1 Å². The lowest BCUT2D eigenvalue weighted by Crippen LogP contribution is -2.37. The summed E-state index contributed by atoms with van der Waals surface area (Å²) in [4.78, 5) is 20.3. The maximum absolute atomic E-state index is 13.2. The minimum Gasteiger partial charge on any atom is -0.379 e. The number of rotatable bonds is 5. The predicted molar refractivity (Wildman–Crippen MR) is 110 cm³/mol. The predicted octanol–water partition coefficient (Wildman–Crippen LogP) is 2.68. The van der Waals surface area contributed by atoms with Crippen LogP contribution in [-0.2, 0) is 4.74 Å². The highest BCUT2D eigenvalue weighted by atomic mass is 32.2. The molecule has 1 aromatic heterocycles. The van der Waals surface area contributed by atoms with Crippen LogP contribution >= 0.6 is 11.8 Å². The second-order valence-electron chi connectivity index (χ2n) is 6.51. The van der Waals surface area contributed by atoms with Gasteiger partial charge < -0.3 is 4.74 Å². The van der Waals surface area contributed by atoms with E-state index >= 15 is 0 Å². The number of para-hydroxylation sites is 1. The summed E-state index contributed by atoms with van der Waals surface area (Å²) < 4.78 is 7.04. The largest absolute Gasteiger partial charge is 0.379 e. The molecule has 0 atom stereocenters. The molecule has 7 heteroatoms. The van der Waals surface area contributed by atoms with E-state index in [0.717, 1.165) is 44.3 Å². The van der Waals surface area contributed by atoms with Crippen molar-refractivity contribution in [3.05, 3.63) is 64.4 Å². The van der Waals surface area contributed by atoms with E-state index in [9.17, 15) is 4.79 Å². The van der Waals surface area contributed by atoms with Crippen LogP contribution < -0.4 is 5.56 Å². The van der Waals surface area contributed by atoms with Gasteiger partial charge in [0.15, 0.2) is 5.16 Å². The molecule has 2 heterocycles. The summed E-state index contributed by atoms with van der Waals surface area (Å²) in [6, 6.07) is 16.5. The van der Waals surface area contributed by atoms with Gasteiger partial charge in [0, 0.05) is 25.4 Å². The zero-order valence-corrected chi connectivity index (χ0v) is 16.2. The summed E-state index contributed by atoms with van der Waals surface area (Å²) in [5.41, 5.74) is 1.89. The van der Waals surface area contributed by atoms with E-state index in [1.807, 2.05) is 18.2 Å². The fourth-order valence-electron chi connectivity index (χ4n) is 3.21. The summed E-state index contributed by atoms with van der Waals surface area (Å²) >= 11 is 1.58. The molecule has 0 radical (unpaired) electrons. The summed E-state index contributed by atoms with van der Waals surface area (Å²) in [7, 11) is 0. The molecule has 0 bridgehead atoms. The van der Waals surface area contributed by atoms with Crippen LogP contribution in [0.15, 0.2) is 58.5 Å². The highest BCUT2D eigenvalue weighted by Gasteiger charge is 2.15. The molecule has 0 amide bonds. The molecule has 0 N–H and O–H groups in total. The zero-order chi connectivity index (χ0) is 19.3. The Balaban J connectivity index is 1.68. The first-order chi connectivity index (χ1) is 13.8. The Bertz CT molecular complexity index is 1070. The van der Waals surface area contributed by atoms with Crippen molar-refractivity contribution < 1.29 is 4.74 Å². The standard InChI is InChI=1S/C21H20N4O2S/c22-15-16-5-7-17(8-6-16)25-20(26)18-3-1-2-4-19(18)23-21(25)28-14-11-24-9-12-27-13-10-24/h1-8H,9-14H2. The second-order valence-corrected chi connectivity index (χ2v) is 7.58. The summed E-state index contributed by atoms with van der Waals surface area (Å²) in [5, 5.41) is 10.3. The van der Waals surface area contributed by atoms with Crippen molar-refractivity contribution in [3.63, 3.8) is 0 Å². The van der Waals surface area contributed by atoms with Crippen molar-refractivity contribution in [2.45, 2.75) is 5.16 Å². The monoisotopic (exact) mass is 392 g/mol. The lowest BCUT2D eigenvalue weighted by molar-refractivity contribution is 0.0410. The molecule has 142 valence electrons. The Kier molecular flexibility index (Phi) is 5.72. The Morgan fingerprint density at radius 3 is 2.61 bits per heavy atom. The number of fused-ring (bicyclic) bond motifs is 1. The van der Waals surface area contributed by atoms with E-state index in [4.69, 9.17) is 15.0 Å². The quantitative estimate of drug-likeness (QED) is 0.491. The average molecular weight is 392 g/mol. The minimum absolute atomic E-state index is 0.0934. The van der Waals surface area contributed by atoms with Crippen molar-refractivity contribution in [3.8, 4) is 11.8 Å². The number of nitrogens with zero attached hydrogens (tertiary/aromatic N) is 4. The molecule has 6 nitrogen and oxygen atoms in total. The Hall–Kier alpha value is -2.66. The summed E-state index contributed by atoms with van der Waals surface area (Å²) in [6.07, 6.45) is 0. The first-order valence-corrected chi connectivity index (χ1v) is 10.2. The minimum atomic E-state index is -0.0934. The third-order valence-corrected chi connectivity index (χ3v) is 5.66. The third-order valence-electron chi connectivity index (χ3n) is 4.74. The SMILES string of the molecule is N#Cc1ccc(-n2c(SCCN3CCOCC3)nc3ccccc3c2=O)cc1. The van der Waals surface area contributed by atoms with Crippen molar-refractivity contribution in [1.29, 1.82) is 5.26 Å². The first kappa shape index (κ1) is 18.7. The maximum Gasteiger partial charge on any atom is 0.266 e. The number of hydrogen-bond donors (Lipinski definition) is 0. The van der Waals surface area contributed by atoms with Crippen LogP contribution in [0.25, 0.3) is 16.6 Å². The Labute approximate surface area is 167 Å². The van der Waals surface area contributed by atoms with Crippen LogP contribution in [0.4, 0.5) is 0 Å². The molecule has 1 aliphatic rings. The molecule has 3 aromatic rings.